The number of carbonyl (C=O) groups excluding carboxylic acids is 2. The van der Waals surface area contributed by atoms with Crippen molar-refractivity contribution in [3.63, 3.8) is 0 Å². The lowest BCUT2D eigenvalue weighted by molar-refractivity contribution is -0.386. The highest BCUT2D eigenvalue weighted by molar-refractivity contribution is 5.77. The van der Waals surface area contributed by atoms with E-state index in [-0.39, 0.29) is 12.3 Å². The Balaban J connectivity index is 1.56. The quantitative estimate of drug-likeness (QED) is 0.0225. The molecule has 18 unspecified atom stereocenters. The van der Waals surface area contributed by atoms with Crippen LogP contribution in [0.15, 0.2) is 36.5 Å². The lowest BCUT2D eigenvalue weighted by Gasteiger charge is -2.50. The summed E-state index contributed by atoms with van der Waals surface area (Å²) in [7, 11) is 0. The minimum absolute atomic E-state index is 0.195. The zero-order valence-electron chi connectivity index (χ0n) is 55.9. The minimum atomic E-state index is -3.08. The standard InChI is InChI=1S/C69H124N2O21/c1-4-6-8-10-12-14-16-18-19-20-21-22-23-24-25-26-27-28-29-31-33-35-37-39-41-43-56(79)71-50(51(76)42-40-38-36-34-32-30-17-15-13-11-9-7-5-2)48-87-66-61(83)60(82)63(55(47-74)89-66)90-67-62(84)65(59(81)54(46-73)88-67)92-69(68(85)86)44-52(77)57(70-49(3)75)64(91-69)58(80)53(78)45-72/h21-22,24-25,40,42,50-55,57-67,72-74,76-78,80-84H,4-20,23,26-39,41,43-48H2,1-3H3,(H,70,75)(H,71,79)(H,85,86)/b22-21-,25-24-,42-40+. The van der Waals surface area contributed by atoms with Crippen molar-refractivity contribution in [2.45, 2.75) is 355 Å². The summed E-state index contributed by atoms with van der Waals surface area (Å²) >= 11 is 0. The molecule has 3 saturated heterocycles. The second kappa shape index (κ2) is 49.5. The summed E-state index contributed by atoms with van der Waals surface area (Å²) in [6.07, 6.45) is 21.9. The van der Waals surface area contributed by atoms with Gasteiger partial charge in [-0.1, -0.05) is 211 Å². The lowest BCUT2D eigenvalue weighted by Crippen LogP contribution is -2.70. The molecule has 3 aliphatic rings. The summed E-state index contributed by atoms with van der Waals surface area (Å²) in [4.78, 5) is 38.5. The fraction of sp³-hybridized carbons (Fsp3) is 0.870. The Labute approximate surface area is 548 Å². The van der Waals surface area contributed by atoms with Crippen LogP contribution in [0.1, 0.15) is 245 Å². The summed E-state index contributed by atoms with van der Waals surface area (Å²) in [5.41, 5.74) is 0. The van der Waals surface area contributed by atoms with Crippen molar-refractivity contribution in [1.82, 2.24) is 10.6 Å². The van der Waals surface area contributed by atoms with Gasteiger partial charge in [-0.25, -0.2) is 4.79 Å². The Kier molecular flexibility index (Phi) is 44.7. The fourth-order valence-electron chi connectivity index (χ4n) is 12.2. The monoisotopic (exact) mass is 1320 g/mol. The van der Waals surface area contributed by atoms with Gasteiger partial charge in [-0.2, -0.15) is 0 Å². The number of carbonyl (C=O) groups is 3. The van der Waals surface area contributed by atoms with Crippen LogP contribution in [0.2, 0.25) is 0 Å². The lowest BCUT2D eigenvalue weighted by atomic mass is 9.88. The van der Waals surface area contributed by atoms with Gasteiger partial charge in [-0.15, -0.1) is 0 Å². The molecular weight excluding hydrogens is 1190 g/mol. The van der Waals surface area contributed by atoms with E-state index in [0.29, 0.717) is 12.8 Å². The molecule has 2 amide bonds. The number of carboxylic acid groups (broad SMARTS) is 1. The number of rotatable bonds is 53. The Hall–Kier alpha value is -3.05. The van der Waals surface area contributed by atoms with Crippen molar-refractivity contribution in [3.8, 4) is 0 Å². The molecule has 23 nitrogen and oxygen atoms in total. The van der Waals surface area contributed by atoms with Gasteiger partial charge >= 0.3 is 5.97 Å². The number of aliphatic carboxylic acids is 1. The van der Waals surface area contributed by atoms with Crippen molar-refractivity contribution < 1.29 is 104 Å². The summed E-state index contributed by atoms with van der Waals surface area (Å²) in [5, 5.41) is 136. The summed E-state index contributed by atoms with van der Waals surface area (Å²) in [5.74, 6) is -6.15. The maximum atomic E-state index is 13.5. The zero-order chi connectivity index (χ0) is 67.5. The molecule has 0 aromatic heterocycles. The van der Waals surface area contributed by atoms with Crippen molar-refractivity contribution in [2.75, 3.05) is 26.4 Å². The van der Waals surface area contributed by atoms with Gasteiger partial charge in [0.2, 0.25) is 11.8 Å². The molecule has 0 saturated carbocycles. The van der Waals surface area contributed by atoms with Gasteiger partial charge in [0.25, 0.3) is 5.79 Å². The van der Waals surface area contributed by atoms with Crippen molar-refractivity contribution in [3.05, 3.63) is 36.5 Å². The molecule has 0 spiro atoms. The van der Waals surface area contributed by atoms with Crippen molar-refractivity contribution >= 4 is 17.8 Å². The summed E-state index contributed by atoms with van der Waals surface area (Å²) in [6, 6.07) is -2.62. The van der Waals surface area contributed by atoms with Crippen LogP contribution in [0.25, 0.3) is 0 Å². The van der Waals surface area contributed by atoms with E-state index in [1.54, 1.807) is 6.08 Å². The van der Waals surface area contributed by atoms with Crippen LogP contribution in [0.5, 0.6) is 0 Å². The molecule has 23 heteroatoms. The van der Waals surface area contributed by atoms with Gasteiger partial charge in [0.15, 0.2) is 12.6 Å². The molecule has 536 valence electrons. The number of ether oxygens (including phenoxy) is 6. The molecule has 0 aliphatic carbocycles. The number of aliphatic hydroxyl groups excluding tert-OH is 11. The number of nitrogens with one attached hydrogen (secondary N) is 2. The van der Waals surface area contributed by atoms with E-state index in [9.17, 15) is 75.7 Å². The fourth-order valence-corrected chi connectivity index (χ4v) is 12.2. The van der Waals surface area contributed by atoms with E-state index < -0.39 is 155 Å². The van der Waals surface area contributed by atoms with E-state index in [4.69, 9.17) is 28.4 Å². The number of carboxylic acids is 1. The van der Waals surface area contributed by atoms with Gasteiger partial charge in [0.1, 0.15) is 67.1 Å². The minimum Gasteiger partial charge on any atom is -0.477 e. The first-order valence-corrected chi connectivity index (χ1v) is 35.4. The first kappa shape index (κ1) is 83.2. The summed E-state index contributed by atoms with van der Waals surface area (Å²) in [6.45, 7) is 2.12. The van der Waals surface area contributed by atoms with Crippen molar-refractivity contribution in [1.29, 1.82) is 0 Å². The number of allylic oxidation sites excluding steroid dienone is 5. The number of aliphatic hydroxyl groups is 11. The van der Waals surface area contributed by atoms with E-state index in [1.165, 1.54) is 141 Å². The van der Waals surface area contributed by atoms with E-state index >= 15 is 0 Å². The summed E-state index contributed by atoms with van der Waals surface area (Å²) < 4.78 is 34.8. The Morgan fingerprint density at radius 2 is 1.05 bits per heavy atom. The number of hydrogen-bond donors (Lipinski definition) is 14. The van der Waals surface area contributed by atoms with E-state index in [0.717, 1.165) is 64.7 Å². The Bertz CT molecular complexity index is 2000. The highest BCUT2D eigenvalue weighted by Crippen LogP contribution is 2.39. The molecule has 3 fully saturated rings. The van der Waals surface area contributed by atoms with Gasteiger partial charge in [0, 0.05) is 19.8 Å². The second-order valence-corrected chi connectivity index (χ2v) is 25.7. The Morgan fingerprint density at radius 3 is 1.53 bits per heavy atom. The number of unbranched alkanes of at least 4 members (excludes halogenated alkanes) is 29. The predicted octanol–water partition coefficient (Wildman–Crippen LogP) is 6.62. The van der Waals surface area contributed by atoms with Crippen LogP contribution in [-0.4, -0.2) is 215 Å². The average Bonchev–Trinajstić information content (AvgIpc) is 0.774. The Morgan fingerprint density at radius 1 is 0.576 bits per heavy atom. The largest absolute Gasteiger partial charge is 0.477 e. The van der Waals surface area contributed by atoms with Gasteiger partial charge in [-0.05, 0) is 51.4 Å². The van der Waals surface area contributed by atoms with E-state index in [1.807, 2.05) is 6.08 Å². The van der Waals surface area contributed by atoms with Crippen LogP contribution in [0, 0.1) is 0 Å². The first-order chi connectivity index (χ1) is 44.4. The molecule has 92 heavy (non-hydrogen) atoms. The number of amides is 2. The third-order valence-corrected chi connectivity index (χ3v) is 17.8. The zero-order valence-corrected chi connectivity index (χ0v) is 55.9. The van der Waals surface area contributed by atoms with Crippen LogP contribution in [0.3, 0.4) is 0 Å². The van der Waals surface area contributed by atoms with Gasteiger partial charge in [-0.3, -0.25) is 9.59 Å². The van der Waals surface area contributed by atoms with E-state index in [2.05, 4.69) is 48.8 Å². The molecule has 0 aromatic carbocycles. The maximum Gasteiger partial charge on any atom is 0.364 e. The molecule has 0 radical (unpaired) electrons. The highest BCUT2D eigenvalue weighted by Gasteiger charge is 2.60. The maximum absolute atomic E-state index is 13.5. The molecule has 3 heterocycles. The van der Waals surface area contributed by atoms with Gasteiger partial charge < -0.3 is 100 Å². The SMILES string of the molecule is CCCCCCCCCCC/C=C\C/C=C\CCCCCCCCCCCC(=O)NC(COC1OC(CO)C(OC2OC(CO)C(O)C(OC3(C(=O)O)CC(O)C(NC(C)=O)C(C(O)C(O)CO)O3)C2O)C(O)C1O)C(O)/C=C/CCCCCCCCCCCCC. The highest BCUT2D eigenvalue weighted by atomic mass is 16.8. The van der Waals surface area contributed by atoms with Crippen LogP contribution < -0.4 is 10.6 Å². The van der Waals surface area contributed by atoms with Crippen LogP contribution >= 0.6 is 0 Å². The molecule has 0 aromatic rings. The smallest absolute Gasteiger partial charge is 0.364 e. The second-order valence-electron chi connectivity index (χ2n) is 25.7. The normalized spacial score (nSPS) is 28.4. The van der Waals surface area contributed by atoms with Crippen LogP contribution in [-0.2, 0) is 42.8 Å². The number of hydrogen-bond acceptors (Lipinski definition) is 20. The van der Waals surface area contributed by atoms with Crippen LogP contribution in [0.4, 0.5) is 0 Å². The third kappa shape index (κ3) is 31.4. The predicted molar refractivity (Wildman–Crippen MR) is 347 cm³/mol. The third-order valence-electron chi connectivity index (χ3n) is 17.8. The molecular formula is C69H124N2O21. The molecule has 3 aliphatic heterocycles. The van der Waals surface area contributed by atoms with Gasteiger partial charge in [0.05, 0.1) is 50.7 Å². The first-order valence-electron chi connectivity index (χ1n) is 35.4. The molecule has 3 rings (SSSR count). The molecule has 18 atom stereocenters. The van der Waals surface area contributed by atoms with Crippen molar-refractivity contribution in [2.24, 2.45) is 0 Å². The molecule has 14 N–H and O–H groups in total. The average molecular weight is 1320 g/mol. The molecule has 0 bridgehead atoms. The topological polar surface area (TPSA) is 373 Å².